The normalized spacial score (nSPS) is 14.4. The number of methoxy groups -OCH3 is 1. The number of hydrogen-bond acceptors (Lipinski definition) is 7. The highest BCUT2D eigenvalue weighted by Gasteiger charge is 2.29. The van der Waals surface area contributed by atoms with E-state index in [4.69, 9.17) is 14.5 Å². The number of esters is 1. The molecule has 0 aliphatic rings. The second-order valence-electron chi connectivity index (χ2n) is 11.3. The molecule has 0 saturated carbocycles. The third-order valence-electron chi connectivity index (χ3n) is 6.66. The molecule has 0 radical (unpaired) electrons. The number of pyridine rings is 1. The lowest BCUT2D eigenvalue weighted by molar-refractivity contribution is -0.160. The molecule has 0 aliphatic heterocycles. The first-order valence-electron chi connectivity index (χ1n) is 13.7. The standard InChI is InChI=1S/C30H44N4O5/c1-9-10-11-23(18-38-8)34-25-13-12-21(16-31-26(20(3)35)29(37)39-30(4,5)6)15-24(25)32-27(34)22-14-19(2)28(36)33(7)17-22/h12-15,17,20,23,26,31,35H,9-11,16,18H2,1-8H3/t20-,23?,26+/m1/s1. The SMILES string of the molecule is CCCCC(COC)n1c(-c2cc(C)c(=O)n(C)c2)nc2cc(CN[C@H](C(=O)OC(C)(C)C)[C@@H](C)O)ccc21. The number of benzene rings is 1. The maximum absolute atomic E-state index is 12.6. The molecule has 214 valence electrons. The quantitative estimate of drug-likeness (QED) is 0.330. The number of nitrogens with one attached hydrogen (secondary N) is 1. The van der Waals surface area contributed by atoms with Crippen LogP contribution in [0.2, 0.25) is 0 Å². The van der Waals surface area contributed by atoms with Crippen LogP contribution in [0, 0.1) is 6.92 Å². The second kappa shape index (κ2) is 12.9. The van der Waals surface area contributed by atoms with Gasteiger partial charge in [-0.3, -0.25) is 14.9 Å². The summed E-state index contributed by atoms with van der Waals surface area (Å²) < 4.78 is 14.9. The van der Waals surface area contributed by atoms with Crippen LogP contribution in [0.1, 0.15) is 71.0 Å². The number of aliphatic hydroxyl groups is 1. The highest BCUT2D eigenvalue weighted by Crippen LogP contribution is 2.31. The average Bonchev–Trinajstić information content (AvgIpc) is 3.22. The molecule has 9 heteroatoms. The zero-order chi connectivity index (χ0) is 28.9. The lowest BCUT2D eigenvalue weighted by atomic mass is 10.1. The van der Waals surface area contributed by atoms with E-state index in [1.165, 1.54) is 0 Å². The van der Waals surface area contributed by atoms with E-state index in [0.29, 0.717) is 18.7 Å². The number of fused-ring (bicyclic) bond motifs is 1. The van der Waals surface area contributed by atoms with Crippen molar-refractivity contribution in [2.45, 2.75) is 91.1 Å². The van der Waals surface area contributed by atoms with Gasteiger partial charge in [-0.2, -0.15) is 0 Å². The first kappa shape index (κ1) is 30.5. The third kappa shape index (κ3) is 7.56. The molecular formula is C30H44N4O5. The zero-order valence-electron chi connectivity index (χ0n) is 24.6. The van der Waals surface area contributed by atoms with E-state index < -0.39 is 23.7 Å². The fraction of sp³-hybridized carbons (Fsp3) is 0.567. The van der Waals surface area contributed by atoms with Crippen molar-refractivity contribution in [3.05, 3.63) is 51.9 Å². The van der Waals surface area contributed by atoms with Crippen molar-refractivity contribution in [1.82, 2.24) is 19.4 Å². The van der Waals surface area contributed by atoms with Crippen LogP contribution in [-0.2, 0) is 27.9 Å². The van der Waals surface area contributed by atoms with E-state index in [2.05, 4.69) is 16.8 Å². The minimum atomic E-state index is -0.921. The van der Waals surface area contributed by atoms with Crippen molar-refractivity contribution in [2.75, 3.05) is 13.7 Å². The van der Waals surface area contributed by atoms with E-state index >= 15 is 0 Å². The molecule has 2 heterocycles. The molecular weight excluding hydrogens is 496 g/mol. The number of imidazole rings is 1. The predicted octanol–water partition coefficient (Wildman–Crippen LogP) is 4.27. The van der Waals surface area contributed by atoms with Gasteiger partial charge in [0.1, 0.15) is 17.5 Å². The van der Waals surface area contributed by atoms with Gasteiger partial charge < -0.3 is 23.7 Å². The number of aryl methyl sites for hydroxylation is 2. The fourth-order valence-corrected chi connectivity index (χ4v) is 4.79. The van der Waals surface area contributed by atoms with E-state index in [-0.39, 0.29) is 11.6 Å². The Morgan fingerprint density at radius 3 is 2.54 bits per heavy atom. The Morgan fingerprint density at radius 1 is 1.23 bits per heavy atom. The Bertz CT molecular complexity index is 1310. The van der Waals surface area contributed by atoms with Gasteiger partial charge in [-0.15, -0.1) is 0 Å². The zero-order valence-corrected chi connectivity index (χ0v) is 24.6. The summed E-state index contributed by atoms with van der Waals surface area (Å²) in [6.07, 6.45) is 3.96. The molecule has 0 saturated heterocycles. The van der Waals surface area contributed by atoms with Crippen molar-refractivity contribution in [3.8, 4) is 11.4 Å². The smallest absolute Gasteiger partial charge is 0.326 e. The highest BCUT2D eigenvalue weighted by molar-refractivity contribution is 5.82. The molecule has 0 amide bonds. The van der Waals surface area contributed by atoms with Crippen LogP contribution in [0.15, 0.2) is 35.3 Å². The Labute approximate surface area is 231 Å². The van der Waals surface area contributed by atoms with Crippen LogP contribution in [0.5, 0.6) is 0 Å². The molecule has 0 fully saturated rings. The summed E-state index contributed by atoms with van der Waals surface area (Å²) in [5.74, 6) is 0.288. The Morgan fingerprint density at radius 2 is 1.95 bits per heavy atom. The summed E-state index contributed by atoms with van der Waals surface area (Å²) in [5.41, 5.74) is 3.53. The molecule has 1 aromatic carbocycles. The van der Waals surface area contributed by atoms with Crippen LogP contribution in [0.25, 0.3) is 22.4 Å². The number of ether oxygens (including phenoxy) is 2. The highest BCUT2D eigenvalue weighted by atomic mass is 16.6. The molecule has 39 heavy (non-hydrogen) atoms. The van der Waals surface area contributed by atoms with Crippen LogP contribution >= 0.6 is 0 Å². The molecule has 3 aromatic rings. The Balaban J connectivity index is 2.04. The van der Waals surface area contributed by atoms with Crippen molar-refractivity contribution in [2.24, 2.45) is 7.05 Å². The first-order chi connectivity index (χ1) is 18.4. The van der Waals surface area contributed by atoms with Gasteiger partial charge in [-0.1, -0.05) is 25.8 Å². The number of carbonyl (C=O) groups is 1. The van der Waals surface area contributed by atoms with E-state index in [1.54, 1.807) is 46.4 Å². The topological polar surface area (TPSA) is 108 Å². The minimum Gasteiger partial charge on any atom is -0.459 e. The largest absolute Gasteiger partial charge is 0.459 e. The van der Waals surface area contributed by atoms with Gasteiger partial charge in [0.05, 0.1) is 29.8 Å². The van der Waals surface area contributed by atoms with Crippen molar-refractivity contribution in [1.29, 1.82) is 0 Å². The third-order valence-corrected chi connectivity index (χ3v) is 6.66. The molecule has 1 unspecified atom stereocenters. The predicted molar refractivity (Wildman–Crippen MR) is 154 cm³/mol. The second-order valence-corrected chi connectivity index (χ2v) is 11.3. The summed E-state index contributed by atoms with van der Waals surface area (Å²) in [6, 6.07) is 7.14. The molecule has 9 nitrogen and oxygen atoms in total. The van der Waals surface area contributed by atoms with E-state index in [9.17, 15) is 14.7 Å². The molecule has 0 bridgehead atoms. The van der Waals surface area contributed by atoms with Crippen molar-refractivity contribution in [3.63, 3.8) is 0 Å². The number of unbranched alkanes of at least 4 members (excludes halogenated alkanes) is 1. The molecule has 3 rings (SSSR count). The van der Waals surface area contributed by atoms with Crippen LogP contribution in [0.4, 0.5) is 0 Å². The Kier molecular flexibility index (Phi) is 10.1. The summed E-state index contributed by atoms with van der Waals surface area (Å²) in [5, 5.41) is 13.4. The Hall–Kier alpha value is -3.01. The van der Waals surface area contributed by atoms with E-state index in [0.717, 1.165) is 47.2 Å². The monoisotopic (exact) mass is 540 g/mol. The number of rotatable bonds is 12. The van der Waals surface area contributed by atoms with Gasteiger partial charge in [0.25, 0.3) is 5.56 Å². The van der Waals surface area contributed by atoms with E-state index in [1.807, 2.05) is 37.4 Å². The van der Waals surface area contributed by atoms with Crippen molar-refractivity contribution >= 4 is 17.0 Å². The lowest BCUT2D eigenvalue weighted by Crippen LogP contribution is -2.47. The van der Waals surface area contributed by atoms with Gasteiger partial charge in [-0.05, 0) is 64.8 Å². The number of hydrogen-bond donors (Lipinski definition) is 2. The number of nitrogens with zero attached hydrogens (tertiary/aromatic N) is 3. The van der Waals surface area contributed by atoms with Gasteiger partial charge in [0.2, 0.25) is 0 Å². The maximum Gasteiger partial charge on any atom is 0.326 e. The molecule has 2 N–H and O–H groups in total. The van der Waals surface area contributed by atoms with Gasteiger partial charge in [0.15, 0.2) is 0 Å². The van der Waals surface area contributed by atoms with Crippen LogP contribution in [-0.4, -0.2) is 56.7 Å². The molecule has 0 spiro atoms. The van der Waals surface area contributed by atoms with Gasteiger partial charge >= 0.3 is 5.97 Å². The molecule has 2 aromatic heterocycles. The minimum absolute atomic E-state index is 0.0353. The maximum atomic E-state index is 12.6. The number of aromatic nitrogens is 3. The van der Waals surface area contributed by atoms with Crippen LogP contribution in [0.3, 0.4) is 0 Å². The summed E-state index contributed by atoms with van der Waals surface area (Å²) in [6.45, 7) is 11.8. The van der Waals surface area contributed by atoms with Gasteiger partial charge in [-0.25, -0.2) is 4.98 Å². The first-order valence-corrected chi connectivity index (χ1v) is 13.7. The summed E-state index contributed by atoms with van der Waals surface area (Å²) in [7, 11) is 3.46. The average molecular weight is 541 g/mol. The summed E-state index contributed by atoms with van der Waals surface area (Å²) >= 11 is 0. The molecule has 3 atom stereocenters. The van der Waals surface area contributed by atoms with Crippen LogP contribution < -0.4 is 10.9 Å². The van der Waals surface area contributed by atoms with Crippen molar-refractivity contribution < 1.29 is 19.4 Å². The van der Waals surface area contributed by atoms with Gasteiger partial charge in [0, 0.05) is 38.0 Å². The summed E-state index contributed by atoms with van der Waals surface area (Å²) in [4.78, 5) is 30.1. The number of carbonyl (C=O) groups excluding carboxylic acids is 1. The molecule has 0 aliphatic carbocycles. The lowest BCUT2D eigenvalue weighted by Gasteiger charge is -2.26. The number of aliphatic hydroxyl groups excluding tert-OH is 1. The fourth-order valence-electron chi connectivity index (χ4n) is 4.79.